The second-order valence-electron chi connectivity index (χ2n) is 6.53. The van der Waals surface area contributed by atoms with E-state index < -0.39 is 6.10 Å². The highest BCUT2D eigenvalue weighted by Gasteiger charge is 2.15. The molecule has 1 atom stereocenters. The number of hydrogen-bond donors (Lipinski definition) is 1. The van der Waals surface area contributed by atoms with Crippen LogP contribution >= 0.6 is 0 Å². The van der Waals surface area contributed by atoms with Crippen molar-refractivity contribution in [2.45, 2.75) is 13.0 Å². The number of nitrogens with one attached hydrogen (secondary N) is 1. The number of benzene rings is 3. The van der Waals surface area contributed by atoms with E-state index in [0.717, 1.165) is 16.8 Å². The number of hydrogen-bond acceptors (Lipinski definition) is 4. The van der Waals surface area contributed by atoms with Crippen molar-refractivity contribution in [2.75, 3.05) is 5.32 Å². The van der Waals surface area contributed by atoms with Crippen LogP contribution in [0.4, 0.5) is 5.69 Å². The van der Waals surface area contributed by atoms with Crippen molar-refractivity contribution in [3.8, 4) is 22.6 Å². The highest BCUT2D eigenvalue weighted by molar-refractivity contribution is 5.94. The summed E-state index contributed by atoms with van der Waals surface area (Å²) in [4.78, 5) is 16.4. The predicted octanol–water partition coefficient (Wildman–Crippen LogP) is 4.34. The van der Waals surface area contributed by atoms with Gasteiger partial charge in [0.1, 0.15) is 18.4 Å². The Hall–Kier alpha value is -3.93. The normalized spacial score (nSPS) is 11.6. The van der Waals surface area contributed by atoms with Crippen molar-refractivity contribution in [1.82, 2.24) is 14.8 Å². The average molecular weight is 384 g/mol. The average Bonchev–Trinajstić information content (AvgIpc) is 3.30. The summed E-state index contributed by atoms with van der Waals surface area (Å²) in [5, 5.41) is 6.94. The van der Waals surface area contributed by atoms with Crippen LogP contribution in [0, 0.1) is 0 Å². The molecule has 0 aliphatic rings. The molecule has 0 bridgehead atoms. The number of rotatable bonds is 6. The van der Waals surface area contributed by atoms with E-state index in [2.05, 4.69) is 27.5 Å². The molecule has 0 aliphatic heterocycles. The quantitative estimate of drug-likeness (QED) is 0.537. The zero-order valence-electron chi connectivity index (χ0n) is 15.9. The maximum absolute atomic E-state index is 12.5. The summed E-state index contributed by atoms with van der Waals surface area (Å²) in [6.45, 7) is 1.73. The molecule has 0 saturated carbocycles. The first kappa shape index (κ1) is 18.4. The summed E-state index contributed by atoms with van der Waals surface area (Å²) in [5.41, 5.74) is 3.79. The zero-order chi connectivity index (χ0) is 20.1. The van der Waals surface area contributed by atoms with Crippen LogP contribution in [-0.4, -0.2) is 26.8 Å². The van der Waals surface area contributed by atoms with Crippen LogP contribution in [0.15, 0.2) is 91.5 Å². The fourth-order valence-electron chi connectivity index (χ4n) is 2.90. The first-order valence-electron chi connectivity index (χ1n) is 9.27. The summed E-state index contributed by atoms with van der Waals surface area (Å²) in [5.74, 6) is 0.430. The second-order valence-corrected chi connectivity index (χ2v) is 6.53. The third kappa shape index (κ3) is 4.50. The number of carbonyl (C=O) groups is 1. The molecule has 4 aromatic rings. The van der Waals surface area contributed by atoms with Gasteiger partial charge in [-0.25, -0.2) is 9.67 Å². The Morgan fingerprint density at radius 2 is 1.62 bits per heavy atom. The highest BCUT2D eigenvalue weighted by atomic mass is 16.5. The van der Waals surface area contributed by atoms with Gasteiger partial charge in [0, 0.05) is 5.69 Å². The van der Waals surface area contributed by atoms with Gasteiger partial charge in [-0.2, -0.15) is 5.10 Å². The molecule has 0 spiro atoms. The largest absolute Gasteiger partial charge is 0.481 e. The van der Waals surface area contributed by atoms with Gasteiger partial charge in [-0.05, 0) is 54.4 Å². The van der Waals surface area contributed by atoms with Crippen molar-refractivity contribution in [3.05, 3.63) is 91.5 Å². The maximum Gasteiger partial charge on any atom is 0.265 e. The molecule has 1 aromatic heterocycles. The monoisotopic (exact) mass is 384 g/mol. The summed E-state index contributed by atoms with van der Waals surface area (Å²) >= 11 is 0. The van der Waals surface area contributed by atoms with Crippen LogP contribution in [0.3, 0.4) is 0 Å². The molecule has 6 heteroatoms. The van der Waals surface area contributed by atoms with Crippen molar-refractivity contribution >= 4 is 11.6 Å². The number of ether oxygens (including phenoxy) is 1. The maximum atomic E-state index is 12.5. The van der Waals surface area contributed by atoms with Gasteiger partial charge in [-0.3, -0.25) is 4.79 Å². The summed E-state index contributed by atoms with van der Waals surface area (Å²) in [6.07, 6.45) is 2.46. The minimum Gasteiger partial charge on any atom is -0.481 e. The van der Waals surface area contributed by atoms with E-state index in [0.29, 0.717) is 11.4 Å². The zero-order valence-corrected chi connectivity index (χ0v) is 15.9. The number of amides is 1. The Balaban J connectivity index is 1.36. The van der Waals surface area contributed by atoms with Gasteiger partial charge in [0.25, 0.3) is 5.91 Å². The van der Waals surface area contributed by atoms with E-state index in [-0.39, 0.29) is 5.91 Å². The van der Waals surface area contributed by atoms with Gasteiger partial charge in [-0.1, -0.05) is 42.5 Å². The molecule has 1 N–H and O–H groups in total. The minimum absolute atomic E-state index is 0.217. The molecule has 0 aliphatic carbocycles. The molecular weight excluding hydrogens is 364 g/mol. The first-order valence-corrected chi connectivity index (χ1v) is 9.27. The van der Waals surface area contributed by atoms with Gasteiger partial charge in [0.2, 0.25) is 0 Å². The Bertz CT molecular complexity index is 1060. The Labute approximate surface area is 168 Å². The standard InChI is InChI=1S/C23H20N4O2/c1-17(29-22-13-7-19(8-14-22)18-5-3-2-4-6-18)23(28)26-20-9-11-21(12-10-20)27-16-24-15-25-27/h2-17H,1H3,(H,26,28). The lowest BCUT2D eigenvalue weighted by Gasteiger charge is -2.15. The van der Waals surface area contributed by atoms with Crippen LogP contribution in [0.5, 0.6) is 5.75 Å². The molecule has 4 rings (SSSR count). The highest BCUT2D eigenvalue weighted by Crippen LogP contribution is 2.23. The molecule has 1 unspecified atom stereocenters. The second kappa shape index (κ2) is 8.39. The lowest BCUT2D eigenvalue weighted by Crippen LogP contribution is -2.30. The van der Waals surface area contributed by atoms with E-state index >= 15 is 0 Å². The van der Waals surface area contributed by atoms with Crippen molar-refractivity contribution in [2.24, 2.45) is 0 Å². The van der Waals surface area contributed by atoms with Crippen molar-refractivity contribution < 1.29 is 9.53 Å². The molecule has 29 heavy (non-hydrogen) atoms. The number of carbonyl (C=O) groups excluding carboxylic acids is 1. The van der Waals surface area contributed by atoms with Gasteiger partial charge in [0.05, 0.1) is 5.69 Å². The van der Waals surface area contributed by atoms with Gasteiger partial charge >= 0.3 is 0 Å². The van der Waals surface area contributed by atoms with Crippen LogP contribution in [0.25, 0.3) is 16.8 Å². The van der Waals surface area contributed by atoms with Gasteiger partial charge in [0.15, 0.2) is 6.10 Å². The van der Waals surface area contributed by atoms with E-state index in [4.69, 9.17) is 4.74 Å². The molecule has 3 aromatic carbocycles. The van der Waals surface area contributed by atoms with Crippen LogP contribution in [-0.2, 0) is 4.79 Å². The van der Waals surface area contributed by atoms with Crippen molar-refractivity contribution in [1.29, 1.82) is 0 Å². The summed E-state index contributed by atoms with van der Waals surface area (Å²) < 4.78 is 7.44. The topological polar surface area (TPSA) is 69.0 Å². The fourth-order valence-corrected chi connectivity index (χ4v) is 2.90. The SMILES string of the molecule is CC(Oc1ccc(-c2ccccc2)cc1)C(=O)Nc1ccc(-n2cncn2)cc1. The first-order chi connectivity index (χ1) is 14.2. The lowest BCUT2D eigenvalue weighted by atomic mass is 10.1. The van der Waals surface area contributed by atoms with Gasteiger partial charge < -0.3 is 10.1 Å². The molecule has 0 radical (unpaired) electrons. The third-order valence-corrected chi connectivity index (χ3v) is 4.46. The number of anilines is 1. The van der Waals surface area contributed by atoms with E-state index in [1.54, 1.807) is 17.9 Å². The fraction of sp³-hybridized carbons (Fsp3) is 0.0870. The van der Waals surface area contributed by atoms with E-state index in [1.807, 2.05) is 66.7 Å². The number of aromatic nitrogens is 3. The van der Waals surface area contributed by atoms with E-state index in [9.17, 15) is 4.79 Å². The molecule has 6 nitrogen and oxygen atoms in total. The van der Waals surface area contributed by atoms with Crippen LogP contribution < -0.4 is 10.1 Å². The Morgan fingerprint density at radius 1 is 0.931 bits per heavy atom. The Kier molecular flexibility index (Phi) is 5.33. The van der Waals surface area contributed by atoms with Crippen LogP contribution in [0.1, 0.15) is 6.92 Å². The number of nitrogens with zero attached hydrogens (tertiary/aromatic N) is 3. The lowest BCUT2D eigenvalue weighted by molar-refractivity contribution is -0.122. The molecule has 144 valence electrons. The minimum atomic E-state index is -0.632. The molecule has 0 fully saturated rings. The smallest absolute Gasteiger partial charge is 0.265 e. The Morgan fingerprint density at radius 3 is 2.28 bits per heavy atom. The predicted molar refractivity (Wildman–Crippen MR) is 112 cm³/mol. The molecule has 0 saturated heterocycles. The van der Waals surface area contributed by atoms with Crippen LogP contribution in [0.2, 0.25) is 0 Å². The molecule has 1 heterocycles. The summed E-state index contributed by atoms with van der Waals surface area (Å²) in [7, 11) is 0. The molecular formula is C23H20N4O2. The van der Waals surface area contributed by atoms with Crippen molar-refractivity contribution in [3.63, 3.8) is 0 Å². The summed E-state index contributed by atoms with van der Waals surface area (Å²) in [6, 6.07) is 25.2. The van der Waals surface area contributed by atoms with Gasteiger partial charge in [-0.15, -0.1) is 0 Å². The van der Waals surface area contributed by atoms with E-state index in [1.165, 1.54) is 6.33 Å². The molecule has 1 amide bonds. The third-order valence-electron chi connectivity index (χ3n) is 4.46.